The normalized spacial score (nSPS) is 15.9. The van der Waals surface area contributed by atoms with E-state index >= 15 is 0 Å². The Morgan fingerprint density at radius 2 is 1.81 bits per heavy atom. The second-order valence-electron chi connectivity index (χ2n) is 7.95. The van der Waals surface area contributed by atoms with Gasteiger partial charge in [-0.1, -0.05) is 32.0 Å². The first-order valence-electron chi connectivity index (χ1n) is 10.7. The lowest BCUT2D eigenvalue weighted by atomic mass is 10.0. The molecule has 2 N–H and O–H groups in total. The van der Waals surface area contributed by atoms with Gasteiger partial charge in [-0.15, -0.1) is 0 Å². The number of nitrogens with one attached hydrogen (secondary N) is 2. The zero-order valence-corrected chi connectivity index (χ0v) is 19.5. The average molecular weight is 462 g/mol. The van der Waals surface area contributed by atoms with Crippen molar-refractivity contribution < 1.29 is 22.7 Å². The predicted molar refractivity (Wildman–Crippen MR) is 124 cm³/mol. The number of morpholine rings is 1. The average Bonchev–Trinajstić information content (AvgIpc) is 2.82. The lowest BCUT2D eigenvalue weighted by Crippen LogP contribution is -2.41. The van der Waals surface area contributed by atoms with E-state index in [0.29, 0.717) is 25.5 Å². The molecule has 1 atom stereocenters. The maximum atomic E-state index is 13.0. The Kier molecular flexibility index (Phi) is 8.11. The molecule has 1 fully saturated rings. The van der Waals surface area contributed by atoms with Gasteiger partial charge in [0.05, 0.1) is 30.8 Å². The van der Waals surface area contributed by atoms with Crippen molar-refractivity contribution in [2.24, 2.45) is 5.92 Å². The molecule has 0 unspecified atom stereocenters. The molecule has 0 aliphatic carbocycles. The van der Waals surface area contributed by atoms with Crippen molar-refractivity contribution >= 4 is 21.6 Å². The van der Waals surface area contributed by atoms with Crippen LogP contribution in [0.3, 0.4) is 0 Å². The number of ether oxygens (including phenoxy) is 2. The fourth-order valence-electron chi connectivity index (χ4n) is 3.46. The molecule has 32 heavy (non-hydrogen) atoms. The van der Waals surface area contributed by atoms with E-state index < -0.39 is 10.0 Å². The van der Waals surface area contributed by atoms with Crippen LogP contribution in [-0.4, -0.2) is 64.6 Å². The number of methoxy groups -OCH3 is 1. The van der Waals surface area contributed by atoms with Crippen molar-refractivity contribution in [3.63, 3.8) is 0 Å². The number of nitrogens with zero attached hydrogens (tertiary/aromatic N) is 1. The summed E-state index contributed by atoms with van der Waals surface area (Å²) in [6.07, 6.45) is 0. The minimum Gasteiger partial charge on any atom is -0.496 e. The number of amides is 1. The second kappa shape index (κ2) is 10.8. The molecule has 174 valence electrons. The summed E-state index contributed by atoms with van der Waals surface area (Å²) in [4.78, 5) is 13.1. The summed E-state index contributed by atoms with van der Waals surface area (Å²) in [5, 5.41) is 6.36. The summed E-state index contributed by atoms with van der Waals surface area (Å²) in [6.45, 7) is 5.80. The number of hydrogen-bond acceptors (Lipinski definition) is 6. The first-order valence-corrected chi connectivity index (χ1v) is 12.1. The van der Waals surface area contributed by atoms with E-state index in [-0.39, 0.29) is 41.4 Å². The molecule has 1 aliphatic rings. The van der Waals surface area contributed by atoms with E-state index in [2.05, 4.69) is 24.5 Å². The molecule has 1 amide bonds. The lowest BCUT2D eigenvalue weighted by molar-refractivity contribution is 0.0730. The highest BCUT2D eigenvalue weighted by Crippen LogP contribution is 2.25. The molecule has 0 bridgehead atoms. The molecular formula is C23H31N3O5S. The third-order valence-corrected chi connectivity index (χ3v) is 7.33. The molecular weight excluding hydrogens is 430 g/mol. The molecule has 0 spiro atoms. The van der Waals surface area contributed by atoms with Crippen LogP contribution in [0.5, 0.6) is 5.75 Å². The van der Waals surface area contributed by atoms with E-state index in [4.69, 9.17) is 9.47 Å². The van der Waals surface area contributed by atoms with Crippen molar-refractivity contribution in [3.05, 3.63) is 54.1 Å². The highest BCUT2D eigenvalue weighted by atomic mass is 32.2. The van der Waals surface area contributed by atoms with Crippen LogP contribution >= 0.6 is 0 Å². The summed E-state index contributed by atoms with van der Waals surface area (Å²) in [5.74, 6) is 0.187. The van der Waals surface area contributed by atoms with Crippen LogP contribution in [0, 0.1) is 5.92 Å². The van der Waals surface area contributed by atoms with Crippen molar-refractivity contribution in [2.45, 2.75) is 24.8 Å². The Hall–Kier alpha value is -2.62. The van der Waals surface area contributed by atoms with Crippen molar-refractivity contribution in [1.29, 1.82) is 0 Å². The number of carbonyl (C=O) groups excluding carboxylic acids is 1. The number of sulfonamides is 1. The van der Waals surface area contributed by atoms with Gasteiger partial charge in [-0.3, -0.25) is 4.79 Å². The minimum atomic E-state index is -3.72. The standard InChI is InChI=1S/C23H31N3O5S/c1-17(2)21(25-18-7-5-4-6-8-18)16-24-23(27)20-15-19(9-10-22(20)30-3)32(28,29)26-11-13-31-14-12-26/h4-10,15,17,21,25H,11-14,16H2,1-3H3,(H,24,27)/t21-/m1/s1. The third-order valence-electron chi connectivity index (χ3n) is 5.44. The number of carbonyl (C=O) groups is 1. The second-order valence-corrected chi connectivity index (χ2v) is 9.89. The first-order chi connectivity index (χ1) is 15.3. The van der Waals surface area contributed by atoms with Gasteiger partial charge in [-0.2, -0.15) is 4.31 Å². The summed E-state index contributed by atoms with van der Waals surface area (Å²) in [5.41, 5.74) is 1.15. The Morgan fingerprint density at radius 1 is 1.12 bits per heavy atom. The molecule has 8 nitrogen and oxygen atoms in total. The van der Waals surface area contributed by atoms with Gasteiger partial charge in [-0.05, 0) is 36.2 Å². The molecule has 2 aromatic carbocycles. The first kappa shape index (κ1) is 24.0. The fraction of sp³-hybridized carbons (Fsp3) is 0.435. The molecule has 0 saturated carbocycles. The number of benzene rings is 2. The van der Waals surface area contributed by atoms with Gasteiger partial charge in [0, 0.05) is 31.4 Å². The highest BCUT2D eigenvalue weighted by molar-refractivity contribution is 7.89. The Bertz CT molecular complexity index is 1010. The van der Waals surface area contributed by atoms with Gasteiger partial charge in [-0.25, -0.2) is 8.42 Å². The highest BCUT2D eigenvalue weighted by Gasteiger charge is 2.28. The van der Waals surface area contributed by atoms with E-state index in [1.54, 1.807) is 0 Å². The topological polar surface area (TPSA) is 97.0 Å². The molecule has 3 rings (SSSR count). The molecule has 1 saturated heterocycles. The van der Waals surface area contributed by atoms with Crippen molar-refractivity contribution in [1.82, 2.24) is 9.62 Å². The van der Waals surface area contributed by atoms with Crippen LogP contribution in [0.4, 0.5) is 5.69 Å². The van der Waals surface area contributed by atoms with Crippen LogP contribution in [-0.2, 0) is 14.8 Å². The van der Waals surface area contributed by atoms with Crippen LogP contribution in [0.15, 0.2) is 53.4 Å². The summed E-state index contributed by atoms with van der Waals surface area (Å²) in [6, 6.07) is 14.1. The van der Waals surface area contributed by atoms with E-state index in [0.717, 1.165) is 5.69 Å². The van der Waals surface area contributed by atoms with Gasteiger partial charge in [0.2, 0.25) is 10.0 Å². The van der Waals surface area contributed by atoms with Gasteiger partial charge in [0.1, 0.15) is 5.75 Å². The van der Waals surface area contributed by atoms with Crippen molar-refractivity contribution in [3.8, 4) is 5.75 Å². The zero-order valence-electron chi connectivity index (χ0n) is 18.7. The van der Waals surface area contributed by atoms with Crippen LogP contribution in [0.25, 0.3) is 0 Å². The zero-order chi connectivity index (χ0) is 23.1. The molecule has 1 heterocycles. The largest absolute Gasteiger partial charge is 0.496 e. The Morgan fingerprint density at radius 3 is 2.44 bits per heavy atom. The quantitative estimate of drug-likeness (QED) is 0.596. The number of hydrogen-bond donors (Lipinski definition) is 2. The van der Waals surface area contributed by atoms with Gasteiger partial charge in [0.15, 0.2) is 0 Å². The fourth-order valence-corrected chi connectivity index (χ4v) is 4.90. The molecule has 2 aromatic rings. The Balaban J connectivity index is 1.76. The lowest BCUT2D eigenvalue weighted by Gasteiger charge is -2.26. The maximum absolute atomic E-state index is 13.0. The predicted octanol–water partition coefficient (Wildman–Crippen LogP) is 2.58. The molecule has 9 heteroatoms. The summed E-state index contributed by atoms with van der Waals surface area (Å²) < 4.78 is 38.0. The van der Waals surface area contributed by atoms with Gasteiger partial charge >= 0.3 is 0 Å². The van der Waals surface area contributed by atoms with Crippen LogP contribution in [0.2, 0.25) is 0 Å². The third kappa shape index (κ3) is 5.79. The summed E-state index contributed by atoms with van der Waals surface area (Å²) in [7, 11) is -2.27. The monoisotopic (exact) mass is 461 g/mol. The number of rotatable bonds is 9. The SMILES string of the molecule is COc1ccc(S(=O)(=O)N2CCOCC2)cc1C(=O)NC[C@@H](Nc1ccccc1)C(C)C. The van der Waals surface area contributed by atoms with E-state index in [9.17, 15) is 13.2 Å². The number of para-hydroxylation sites is 1. The Labute approximate surface area is 190 Å². The van der Waals surface area contributed by atoms with Gasteiger partial charge in [0.25, 0.3) is 5.91 Å². The molecule has 0 aromatic heterocycles. The minimum absolute atomic E-state index is 0.00684. The summed E-state index contributed by atoms with van der Waals surface area (Å²) >= 11 is 0. The van der Waals surface area contributed by atoms with E-state index in [1.807, 2.05) is 30.3 Å². The van der Waals surface area contributed by atoms with E-state index in [1.165, 1.54) is 29.6 Å². The molecule has 1 aliphatic heterocycles. The van der Waals surface area contributed by atoms with Gasteiger partial charge < -0.3 is 20.1 Å². The number of anilines is 1. The molecule has 0 radical (unpaired) electrons. The maximum Gasteiger partial charge on any atom is 0.255 e. The smallest absolute Gasteiger partial charge is 0.255 e. The van der Waals surface area contributed by atoms with Crippen molar-refractivity contribution in [2.75, 3.05) is 45.3 Å². The van der Waals surface area contributed by atoms with Crippen LogP contribution in [0.1, 0.15) is 24.2 Å². The van der Waals surface area contributed by atoms with Crippen LogP contribution < -0.4 is 15.4 Å².